The van der Waals surface area contributed by atoms with Crippen LogP contribution in [0, 0.1) is 0 Å². The molecule has 0 radical (unpaired) electrons. The monoisotopic (exact) mass is 388 g/mol. The van der Waals surface area contributed by atoms with Crippen LogP contribution in [0.15, 0.2) is 28.8 Å². The van der Waals surface area contributed by atoms with Gasteiger partial charge in [-0.2, -0.15) is 4.98 Å². The molecular formula is C19H24N4O5. The van der Waals surface area contributed by atoms with E-state index >= 15 is 0 Å². The van der Waals surface area contributed by atoms with Crippen LogP contribution in [0.3, 0.4) is 0 Å². The zero-order valence-electron chi connectivity index (χ0n) is 15.8. The molecule has 1 fully saturated rings. The average Bonchev–Trinajstić information content (AvgIpc) is 3.21. The number of urea groups is 1. The zero-order chi connectivity index (χ0) is 19.9. The van der Waals surface area contributed by atoms with Gasteiger partial charge in [-0.15, -0.1) is 0 Å². The van der Waals surface area contributed by atoms with Gasteiger partial charge in [0.05, 0.1) is 12.7 Å². The highest BCUT2D eigenvalue weighted by Crippen LogP contribution is 2.31. The number of nitrogens with one attached hydrogen (secondary N) is 1. The van der Waals surface area contributed by atoms with Crippen LogP contribution in [0.1, 0.15) is 37.4 Å². The van der Waals surface area contributed by atoms with E-state index in [1.807, 2.05) is 24.3 Å². The molecule has 2 heterocycles. The Morgan fingerprint density at radius 3 is 2.79 bits per heavy atom. The molecule has 0 spiro atoms. The second-order valence-electron chi connectivity index (χ2n) is 6.65. The van der Waals surface area contributed by atoms with E-state index in [0.717, 1.165) is 18.4 Å². The van der Waals surface area contributed by atoms with Gasteiger partial charge in [0.25, 0.3) is 5.89 Å². The van der Waals surface area contributed by atoms with E-state index in [2.05, 4.69) is 15.5 Å². The molecule has 2 amide bonds. The number of para-hydroxylation sites is 1. The van der Waals surface area contributed by atoms with Crippen LogP contribution in [-0.4, -0.2) is 58.9 Å². The van der Waals surface area contributed by atoms with Crippen LogP contribution in [0.5, 0.6) is 5.75 Å². The first-order valence-electron chi connectivity index (χ1n) is 9.30. The number of benzene rings is 1. The number of carboxylic acids is 1. The van der Waals surface area contributed by atoms with Gasteiger partial charge in [-0.3, -0.25) is 4.79 Å². The summed E-state index contributed by atoms with van der Waals surface area (Å²) in [6.07, 6.45) is 1.96. The number of carbonyl (C=O) groups is 2. The number of aromatic nitrogens is 2. The molecule has 9 heteroatoms. The second kappa shape index (κ2) is 9.20. The Balaban J connectivity index is 1.52. The third kappa shape index (κ3) is 4.79. The maximum Gasteiger partial charge on any atom is 0.317 e. The number of hydrogen-bond acceptors (Lipinski definition) is 6. The van der Waals surface area contributed by atoms with Crippen LogP contribution in [0.25, 0.3) is 11.5 Å². The molecule has 1 aliphatic heterocycles. The fourth-order valence-corrected chi connectivity index (χ4v) is 3.22. The standard InChI is InChI=1S/C19H24N4O5/c1-27-15-6-3-2-5-14(15)18-21-17(22-28-18)13-8-11-23(12-9-13)19(26)20-10-4-7-16(24)25/h2-3,5-6,13H,4,7-12H2,1H3,(H,20,26)(H,24,25). The number of rotatable bonds is 7. The Morgan fingerprint density at radius 2 is 2.07 bits per heavy atom. The van der Waals surface area contributed by atoms with Gasteiger partial charge in [0, 0.05) is 32.0 Å². The first-order chi connectivity index (χ1) is 13.6. The summed E-state index contributed by atoms with van der Waals surface area (Å²) >= 11 is 0. The largest absolute Gasteiger partial charge is 0.496 e. The van der Waals surface area contributed by atoms with Gasteiger partial charge in [0.15, 0.2) is 5.82 Å². The van der Waals surface area contributed by atoms with E-state index < -0.39 is 5.97 Å². The van der Waals surface area contributed by atoms with Crippen LogP contribution < -0.4 is 10.1 Å². The van der Waals surface area contributed by atoms with Crippen molar-refractivity contribution in [2.24, 2.45) is 0 Å². The molecule has 9 nitrogen and oxygen atoms in total. The lowest BCUT2D eigenvalue weighted by molar-refractivity contribution is -0.137. The first kappa shape index (κ1) is 19.7. The number of methoxy groups -OCH3 is 1. The van der Waals surface area contributed by atoms with Gasteiger partial charge in [0.1, 0.15) is 5.75 Å². The van der Waals surface area contributed by atoms with E-state index in [9.17, 15) is 9.59 Å². The fraction of sp³-hybridized carbons (Fsp3) is 0.474. The van der Waals surface area contributed by atoms with Crippen LogP contribution in [-0.2, 0) is 4.79 Å². The van der Waals surface area contributed by atoms with Crippen molar-refractivity contribution in [3.8, 4) is 17.2 Å². The molecule has 0 aliphatic carbocycles. The van der Waals surface area contributed by atoms with E-state index in [1.54, 1.807) is 12.0 Å². The minimum atomic E-state index is -0.859. The molecule has 0 bridgehead atoms. The second-order valence-corrected chi connectivity index (χ2v) is 6.65. The lowest BCUT2D eigenvalue weighted by Crippen LogP contribution is -2.44. The Morgan fingerprint density at radius 1 is 1.32 bits per heavy atom. The Hall–Kier alpha value is -3.10. The number of carboxylic acid groups (broad SMARTS) is 1. The molecule has 0 atom stereocenters. The zero-order valence-corrected chi connectivity index (χ0v) is 15.8. The molecule has 2 aromatic rings. The van der Waals surface area contributed by atoms with Crippen molar-refractivity contribution in [1.82, 2.24) is 20.4 Å². The Kier molecular flexibility index (Phi) is 6.46. The molecule has 0 unspecified atom stereocenters. The van der Waals surface area contributed by atoms with E-state index in [4.69, 9.17) is 14.4 Å². The number of piperidine rings is 1. The van der Waals surface area contributed by atoms with Crippen LogP contribution in [0.4, 0.5) is 4.79 Å². The molecule has 1 saturated heterocycles. The molecule has 1 aliphatic rings. The van der Waals surface area contributed by atoms with Crippen molar-refractivity contribution >= 4 is 12.0 Å². The minimum absolute atomic E-state index is 0.0503. The summed E-state index contributed by atoms with van der Waals surface area (Å²) in [5.41, 5.74) is 0.752. The third-order valence-corrected chi connectivity index (χ3v) is 4.77. The van der Waals surface area contributed by atoms with Crippen molar-refractivity contribution in [3.63, 3.8) is 0 Å². The summed E-state index contributed by atoms with van der Waals surface area (Å²) in [6.45, 7) is 1.54. The first-order valence-corrected chi connectivity index (χ1v) is 9.30. The average molecular weight is 388 g/mol. The number of amides is 2. The summed E-state index contributed by atoms with van der Waals surface area (Å²) < 4.78 is 10.8. The highest BCUT2D eigenvalue weighted by Gasteiger charge is 2.27. The van der Waals surface area contributed by atoms with Gasteiger partial charge < -0.3 is 24.6 Å². The smallest absolute Gasteiger partial charge is 0.317 e. The molecular weight excluding hydrogens is 364 g/mol. The van der Waals surface area contributed by atoms with Gasteiger partial charge in [-0.05, 0) is 31.4 Å². The number of hydrogen-bond donors (Lipinski definition) is 2. The van der Waals surface area contributed by atoms with Crippen molar-refractivity contribution in [3.05, 3.63) is 30.1 Å². The summed E-state index contributed by atoms with van der Waals surface area (Å²) in [5.74, 6) is 1.01. The molecule has 2 N–H and O–H groups in total. The van der Waals surface area contributed by atoms with Gasteiger partial charge in [-0.25, -0.2) is 4.79 Å². The maximum absolute atomic E-state index is 12.1. The molecule has 150 valence electrons. The third-order valence-electron chi connectivity index (χ3n) is 4.77. The number of ether oxygens (including phenoxy) is 1. The topological polar surface area (TPSA) is 118 Å². The van der Waals surface area contributed by atoms with Gasteiger partial charge in [0.2, 0.25) is 0 Å². The van der Waals surface area contributed by atoms with Crippen molar-refractivity contribution in [1.29, 1.82) is 0 Å². The van der Waals surface area contributed by atoms with E-state index in [1.165, 1.54) is 0 Å². The number of carbonyl (C=O) groups excluding carboxylic acids is 1. The molecule has 1 aromatic carbocycles. The van der Waals surface area contributed by atoms with Crippen molar-refractivity contribution in [2.45, 2.75) is 31.6 Å². The molecule has 3 rings (SSSR count). The van der Waals surface area contributed by atoms with Crippen molar-refractivity contribution < 1.29 is 24.0 Å². The lowest BCUT2D eigenvalue weighted by Gasteiger charge is -2.30. The van der Waals surface area contributed by atoms with Crippen molar-refractivity contribution in [2.75, 3.05) is 26.7 Å². The van der Waals surface area contributed by atoms with Crippen LogP contribution in [0.2, 0.25) is 0 Å². The highest BCUT2D eigenvalue weighted by molar-refractivity contribution is 5.74. The van der Waals surface area contributed by atoms with Gasteiger partial charge in [-0.1, -0.05) is 17.3 Å². The molecule has 0 saturated carbocycles. The molecule has 1 aromatic heterocycles. The minimum Gasteiger partial charge on any atom is -0.496 e. The number of nitrogens with zero attached hydrogens (tertiary/aromatic N) is 3. The predicted molar refractivity (Wildman–Crippen MR) is 100 cm³/mol. The summed E-state index contributed by atoms with van der Waals surface area (Å²) in [5, 5.41) is 15.5. The van der Waals surface area contributed by atoms with E-state index in [-0.39, 0.29) is 18.4 Å². The Labute approximate surface area is 162 Å². The normalized spacial score (nSPS) is 14.7. The number of likely N-dealkylation sites (tertiary alicyclic amines) is 1. The maximum atomic E-state index is 12.1. The van der Waals surface area contributed by atoms with Crippen LogP contribution >= 0.6 is 0 Å². The summed E-state index contributed by atoms with van der Waals surface area (Å²) in [7, 11) is 1.60. The molecule has 28 heavy (non-hydrogen) atoms. The number of aliphatic carboxylic acids is 1. The highest BCUT2D eigenvalue weighted by atomic mass is 16.5. The lowest BCUT2D eigenvalue weighted by atomic mass is 9.96. The fourth-order valence-electron chi connectivity index (χ4n) is 3.22. The Bertz CT molecular complexity index is 814. The SMILES string of the molecule is COc1ccccc1-c1nc(C2CCN(C(=O)NCCCC(=O)O)CC2)no1. The summed E-state index contributed by atoms with van der Waals surface area (Å²) in [6, 6.07) is 7.31. The summed E-state index contributed by atoms with van der Waals surface area (Å²) in [4.78, 5) is 28.9. The predicted octanol–water partition coefficient (Wildman–Crippen LogP) is 2.50. The quantitative estimate of drug-likeness (QED) is 0.700. The van der Waals surface area contributed by atoms with E-state index in [0.29, 0.717) is 43.5 Å². The van der Waals surface area contributed by atoms with Gasteiger partial charge >= 0.3 is 12.0 Å².